The van der Waals surface area contributed by atoms with Crippen molar-refractivity contribution in [2.75, 3.05) is 0 Å². The molecule has 2 N–H and O–H groups in total. The summed E-state index contributed by atoms with van der Waals surface area (Å²) in [4.78, 5) is 20.5. The van der Waals surface area contributed by atoms with E-state index in [0.717, 1.165) is 46.7 Å². The van der Waals surface area contributed by atoms with Crippen molar-refractivity contribution in [3.05, 3.63) is 44.7 Å². The van der Waals surface area contributed by atoms with Gasteiger partial charge in [-0.2, -0.15) is 5.26 Å². The molecule has 1 saturated carbocycles. The van der Waals surface area contributed by atoms with E-state index in [0.29, 0.717) is 40.6 Å². The van der Waals surface area contributed by atoms with Gasteiger partial charge in [-0.3, -0.25) is 5.32 Å². The Hall–Kier alpha value is -3.18. The zero-order chi connectivity index (χ0) is 21.0. The van der Waals surface area contributed by atoms with Crippen LogP contribution >= 0.6 is 11.3 Å². The first-order valence-electron chi connectivity index (χ1n) is 9.96. The standard InChI is InChI=1S/C22H20N4O3S/c1-10-15(8-23)19-20(29-21(26-19)12-3-4-12)18(17(10)16-9-30-11(2)24-16)13-5-6-14(7-13)25-22(27)28/h7,9,12-13,25H,3-6H2,1-2H3,(H,27,28). The molecule has 2 heterocycles. The largest absolute Gasteiger partial charge is 0.465 e. The molecular formula is C22H20N4O3S. The highest BCUT2D eigenvalue weighted by molar-refractivity contribution is 7.09. The predicted octanol–water partition coefficient (Wildman–Crippen LogP) is 5.35. The van der Waals surface area contributed by atoms with Gasteiger partial charge < -0.3 is 9.52 Å². The minimum absolute atomic E-state index is 0.0437. The zero-order valence-electron chi connectivity index (χ0n) is 16.7. The summed E-state index contributed by atoms with van der Waals surface area (Å²) in [5.74, 6) is 0.975. The molecule has 0 spiro atoms. The number of thiazole rings is 1. The third kappa shape index (κ3) is 3.06. The lowest BCUT2D eigenvalue weighted by molar-refractivity contribution is 0.197. The molecular weight excluding hydrogens is 400 g/mol. The topological polar surface area (TPSA) is 112 Å². The molecule has 0 saturated heterocycles. The average molecular weight is 420 g/mol. The lowest BCUT2D eigenvalue weighted by Gasteiger charge is -2.17. The fraction of sp³-hybridized carbons (Fsp3) is 0.364. The van der Waals surface area contributed by atoms with E-state index in [9.17, 15) is 10.1 Å². The summed E-state index contributed by atoms with van der Waals surface area (Å²) in [6, 6.07) is 2.33. The van der Waals surface area contributed by atoms with Crippen LogP contribution in [-0.4, -0.2) is 21.2 Å². The first-order chi connectivity index (χ1) is 14.5. The van der Waals surface area contributed by atoms with Crippen molar-refractivity contribution < 1.29 is 14.3 Å². The number of carboxylic acid groups (broad SMARTS) is 1. The van der Waals surface area contributed by atoms with Crippen LogP contribution in [0.3, 0.4) is 0 Å². The van der Waals surface area contributed by atoms with Crippen molar-refractivity contribution in [2.24, 2.45) is 0 Å². The van der Waals surface area contributed by atoms with E-state index in [-0.39, 0.29) is 5.92 Å². The van der Waals surface area contributed by atoms with Crippen molar-refractivity contribution in [3.8, 4) is 17.3 Å². The molecule has 2 aliphatic rings. The SMILES string of the molecule is Cc1nc(-c2c(C)c(C#N)c3nc(C4CC4)oc3c2C2C=C(NC(=O)O)CC2)cs1. The van der Waals surface area contributed by atoms with E-state index >= 15 is 0 Å². The Balaban J connectivity index is 1.79. The number of oxazole rings is 1. The number of amides is 1. The third-order valence-electron chi connectivity index (χ3n) is 5.82. The van der Waals surface area contributed by atoms with Gasteiger partial charge in [0, 0.05) is 34.0 Å². The molecule has 7 nitrogen and oxygen atoms in total. The van der Waals surface area contributed by atoms with Gasteiger partial charge in [0.15, 0.2) is 11.5 Å². The molecule has 3 aromatic rings. The fourth-order valence-electron chi connectivity index (χ4n) is 4.30. The summed E-state index contributed by atoms with van der Waals surface area (Å²) in [6.07, 6.45) is 4.39. The summed E-state index contributed by atoms with van der Waals surface area (Å²) >= 11 is 1.56. The van der Waals surface area contributed by atoms with Gasteiger partial charge in [0.25, 0.3) is 0 Å². The summed E-state index contributed by atoms with van der Waals surface area (Å²) < 4.78 is 6.27. The second-order valence-electron chi connectivity index (χ2n) is 7.92. The van der Waals surface area contributed by atoms with Gasteiger partial charge in [0.2, 0.25) is 0 Å². The molecule has 2 aliphatic carbocycles. The predicted molar refractivity (Wildman–Crippen MR) is 112 cm³/mol. The van der Waals surface area contributed by atoms with Crippen LogP contribution in [0.4, 0.5) is 4.79 Å². The minimum atomic E-state index is -1.06. The Labute approximate surface area is 177 Å². The molecule has 1 aromatic carbocycles. The van der Waals surface area contributed by atoms with Gasteiger partial charge in [-0.1, -0.05) is 6.08 Å². The second-order valence-corrected chi connectivity index (χ2v) is 8.99. The molecule has 30 heavy (non-hydrogen) atoms. The summed E-state index contributed by atoms with van der Waals surface area (Å²) in [5.41, 5.74) is 5.97. The molecule has 8 heteroatoms. The fourth-order valence-corrected chi connectivity index (χ4v) is 4.90. The maximum Gasteiger partial charge on any atom is 0.408 e. The monoisotopic (exact) mass is 420 g/mol. The summed E-state index contributed by atoms with van der Waals surface area (Å²) in [5, 5.41) is 24.4. The highest BCUT2D eigenvalue weighted by Gasteiger charge is 2.34. The van der Waals surface area contributed by atoms with Gasteiger partial charge in [0.1, 0.15) is 11.6 Å². The van der Waals surface area contributed by atoms with Crippen LogP contribution in [0.2, 0.25) is 0 Å². The molecule has 1 unspecified atom stereocenters. The Kier molecular flexibility index (Phi) is 4.36. The van der Waals surface area contributed by atoms with Crippen LogP contribution in [0.1, 0.15) is 65.1 Å². The summed E-state index contributed by atoms with van der Waals surface area (Å²) in [6.45, 7) is 3.89. The van der Waals surface area contributed by atoms with Gasteiger partial charge in [-0.15, -0.1) is 11.3 Å². The maximum absolute atomic E-state index is 11.1. The van der Waals surface area contributed by atoms with Crippen molar-refractivity contribution in [1.82, 2.24) is 15.3 Å². The van der Waals surface area contributed by atoms with Crippen LogP contribution in [0, 0.1) is 25.2 Å². The molecule has 1 atom stereocenters. The highest BCUT2D eigenvalue weighted by Crippen LogP contribution is 2.47. The minimum Gasteiger partial charge on any atom is -0.465 e. The van der Waals surface area contributed by atoms with Crippen LogP contribution in [-0.2, 0) is 0 Å². The number of nitrogens with one attached hydrogen (secondary N) is 1. The molecule has 0 aliphatic heterocycles. The van der Waals surface area contributed by atoms with Crippen LogP contribution in [0.15, 0.2) is 21.6 Å². The van der Waals surface area contributed by atoms with Crippen LogP contribution in [0.5, 0.6) is 0 Å². The van der Waals surface area contributed by atoms with E-state index in [1.54, 1.807) is 11.3 Å². The first-order valence-corrected chi connectivity index (χ1v) is 10.8. The van der Waals surface area contributed by atoms with E-state index in [2.05, 4.69) is 11.4 Å². The maximum atomic E-state index is 11.1. The van der Waals surface area contributed by atoms with Crippen molar-refractivity contribution >= 4 is 28.5 Å². The summed E-state index contributed by atoms with van der Waals surface area (Å²) in [7, 11) is 0. The van der Waals surface area contributed by atoms with Crippen molar-refractivity contribution in [3.63, 3.8) is 0 Å². The Morgan fingerprint density at radius 2 is 2.13 bits per heavy atom. The van der Waals surface area contributed by atoms with Crippen LogP contribution in [0.25, 0.3) is 22.4 Å². The molecule has 1 fully saturated rings. The van der Waals surface area contributed by atoms with Crippen molar-refractivity contribution in [1.29, 1.82) is 5.26 Å². The number of fused-ring (bicyclic) bond motifs is 1. The second kappa shape index (κ2) is 6.96. The van der Waals surface area contributed by atoms with Gasteiger partial charge in [-0.05, 0) is 45.1 Å². The van der Waals surface area contributed by atoms with Crippen LogP contribution < -0.4 is 5.32 Å². The Morgan fingerprint density at radius 1 is 1.33 bits per heavy atom. The number of carbonyl (C=O) groups is 1. The number of allylic oxidation sites excluding steroid dienone is 2. The number of hydrogen-bond acceptors (Lipinski definition) is 6. The van der Waals surface area contributed by atoms with Gasteiger partial charge in [0.05, 0.1) is 16.3 Å². The molecule has 1 amide bonds. The molecule has 5 rings (SSSR count). The lowest BCUT2D eigenvalue weighted by Crippen LogP contribution is -2.18. The quantitative estimate of drug-likeness (QED) is 0.589. The lowest BCUT2D eigenvalue weighted by atomic mass is 9.86. The molecule has 152 valence electrons. The first kappa shape index (κ1) is 18.8. The van der Waals surface area contributed by atoms with E-state index < -0.39 is 6.09 Å². The van der Waals surface area contributed by atoms with Crippen molar-refractivity contribution in [2.45, 2.75) is 51.4 Å². The third-order valence-corrected chi connectivity index (χ3v) is 6.60. The molecule has 0 bridgehead atoms. The van der Waals surface area contributed by atoms with E-state index in [4.69, 9.17) is 19.5 Å². The number of aryl methyl sites for hydroxylation is 1. The Morgan fingerprint density at radius 3 is 2.77 bits per heavy atom. The number of nitrogens with zero attached hydrogens (tertiary/aromatic N) is 3. The van der Waals surface area contributed by atoms with E-state index in [1.165, 1.54) is 0 Å². The highest BCUT2D eigenvalue weighted by atomic mass is 32.1. The smallest absolute Gasteiger partial charge is 0.408 e. The van der Waals surface area contributed by atoms with Gasteiger partial charge >= 0.3 is 6.09 Å². The van der Waals surface area contributed by atoms with E-state index in [1.807, 2.05) is 25.3 Å². The zero-order valence-corrected chi connectivity index (χ0v) is 17.5. The molecule has 2 aromatic heterocycles. The normalized spacial score (nSPS) is 18.4. The number of nitriles is 1. The molecule has 0 radical (unpaired) electrons. The average Bonchev–Trinajstić information content (AvgIpc) is 3.07. The number of rotatable bonds is 4. The number of benzene rings is 1. The number of aromatic nitrogens is 2. The Bertz CT molecular complexity index is 1260. The number of hydrogen-bond donors (Lipinski definition) is 2. The van der Waals surface area contributed by atoms with Gasteiger partial charge in [-0.25, -0.2) is 14.8 Å².